The van der Waals surface area contributed by atoms with Crippen molar-refractivity contribution in [2.75, 3.05) is 27.0 Å². The zero-order valence-corrected chi connectivity index (χ0v) is 14.3. The van der Waals surface area contributed by atoms with E-state index in [1.165, 1.54) is 5.56 Å². The minimum atomic E-state index is -0.181. The number of likely N-dealkylation sites (tertiary alicyclic amines) is 1. The molecule has 2 aliphatic rings. The molecule has 4 nitrogen and oxygen atoms in total. The van der Waals surface area contributed by atoms with Crippen LogP contribution in [0.2, 0.25) is 0 Å². The molecular weight excluding hydrogens is 321 g/mol. The lowest BCUT2D eigenvalue weighted by Crippen LogP contribution is -2.42. The largest absolute Gasteiger partial charge is 0.492 e. The van der Waals surface area contributed by atoms with Gasteiger partial charge in [-0.1, -0.05) is 12.1 Å². The minimum absolute atomic E-state index is 0.181. The molecule has 2 aromatic carbocycles. The van der Waals surface area contributed by atoms with Gasteiger partial charge in [-0.3, -0.25) is 4.90 Å². The van der Waals surface area contributed by atoms with Crippen LogP contribution in [0.1, 0.15) is 24.3 Å². The van der Waals surface area contributed by atoms with Gasteiger partial charge in [0.25, 0.3) is 0 Å². The summed E-state index contributed by atoms with van der Waals surface area (Å²) in [4.78, 5) is 2.34. The Morgan fingerprint density at radius 2 is 1.92 bits per heavy atom. The van der Waals surface area contributed by atoms with E-state index in [0.29, 0.717) is 18.6 Å². The van der Waals surface area contributed by atoms with E-state index < -0.39 is 0 Å². The highest BCUT2D eigenvalue weighted by molar-refractivity contribution is 5.46. The first kappa shape index (κ1) is 16.2. The molecule has 25 heavy (non-hydrogen) atoms. The number of fused-ring (bicyclic) bond motifs is 1. The van der Waals surface area contributed by atoms with Gasteiger partial charge < -0.3 is 14.2 Å². The van der Waals surface area contributed by atoms with Crippen molar-refractivity contribution in [2.24, 2.45) is 0 Å². The van der Waals surface area contributed by atoms with Crippen molar-refractivity contribution >= 4 is 0 Å². The van der Waals surface area contributed by atoms with Gasteiger partial charge in [0.15, 0.2) is 11.5 Å². The summed E-state index contributed by atoms with van der Waals surface area (Å²) >= 11 is 0. The van der Waals surface area contributed by atoms with Crippen molar-refractivity contribution in [1.82, 2.24) is 4.90 Å². The molecular formula is C20H22FNO3. The Bertz CT molecular complexity index is 734. The summed E-state index contributed by atoms with van der Waals surface area (Å²) in [5.74, 6) is 2.56. The number of benzene rings is 2. The smallest absolute Gasteiger partial charge is 0.231 e. The molecule has 2 unspecified atom stereocenters. The van der Waals surface area contributed by atoms with Gasteiger partial charge in [-0.2, -0.15) is 0 Å². The van der Waals surface area contributed by atoms with Gasteiger partial charge in [-0.05, 0) is 62.2 Å². The quantitative estimate of drug-likeness (QED) is 0.845. The monoisotopic (exact) mass is 343 g/mol. The summed E-state index contributed by atoms with van der Waals surface area (Å²) < 4.78 is 29.9. The number of hydrogen-bond acceptors (Lipinski definition) is 4. The van der Waals surface area contributed by atoms with E-state index in [4.69, 9.17) is 14.2 Å². The first-order chi connectivity index (χ1) is 12.2. The summed E-state index contributed by atoms with van der Waals surface area (Å²) in [7, 11) is 2.13. The van der Waals surface area contributed by atoms with Gasteiger partial charge in [0.05, 0.1) is 0 Å². The van der Waals surface area contributed by atoms with Gasteiger partial charge in [0.1, 0.15) is 18.2 Å². The van der Waals surface area contributed by atoms with Gasteiger partial charge >= 0.3 is 0 Å². The van der Waals surface area contributed by atoms with Gasteiger partial charge in [-0.25, -0.2) is 4.39 Å². The highest BCUT2D eigenvalue weighted by atomic mass is 19.1. The molecule has 0 N–H and O–H groups in total. The maximum Gasteiger partial charge on any atom is 0.231 e. The number of likely N-dealkylation sites (N-methyl/N-ethyl adjacent to an activating group) is 1. The highest BCUT2D eigenvalue weighted by Gasteiger charge is 2.27. The van der Waals surface area contributed by atoms with Crippen LogP contribution < -0.4 is 14.2 Å². The van der Waals surface area contributed by atoms with E-state index >= 15 is 0 Å². The Morgan fingerprint density at radius 1 is 1.12 bits per heavy atom. The average molecular weight is 343 g/mol. The van der Waals surface area contributed by atoms with Crippen LogP contribution in [0, 0.1) is 5.82 Å². The summed E-state index contributed by atoms with van der Waals surface area (Å²) in [5.41, 5.74) is 1.21. The molecule has 0 spiro atoms. The predicted molar refractivity (Wildman–Crippen MR) is 92.9 cm³/mol. The Kier molecular flexibility index (Phi) is 4.49. The van der Waals surface area contributed by atoms with Crippen molar-refractivity contribution in [2.45, 2.75) is 24.8 Å². The maximum atomic E-state index is 13.1. The normalized spacial score (nSPS) is 22.8. The van der Waals surface area contributed by atoms with Crippen LogP contribution in [0.4, 0.5) is 4.39 Å². The zero-order chi connectivity index (χ0) is 17.2. The third-order valence-electron chi connectivity index (χ3n) is 5.14. The molecule has 1 fully saturated rings. The number of piperidine rings is 1. The van der Waals surface area contributed by atoms with Crippen LogP contribution in [-0.4, -0.2) is 37.9 Å². The van der Waals surface area contributed by atoms with Gasteiger partial charge in [-0.15, -0.1) is 0 Å². The van der Waals surface area contributed by atoms with Crippen LogP contribution in [0.25, 0.3) is 0 Å². The third kappa shape index (κ3) is 3.56. The minimum Gasteiger partial charge on any atom is -0.492 e. The molecule has 2 atom stereocenters. The fraction of sp³-hybridized carbons (Fsp3) is 0.400. The van der Waals surface area contributed by atoms with Crippen LogP contribution >= 0.6 is 0 Å². The molecule has 0 radical (unpaired) electrons. The van der Waals surface area contributed by atoms with Gasteiger partial charge in [0, 0.05) is 12.1 Å². The van der Waals surface area contributed by atoms with E-state index in [9.17, 15) is 4.39 Å². The molecule has 0 aliphatic carbocycles. The number of hydrogen-bond donors (Lipinski definition) is 0. The summed E-state index contributed by atoms with van der Waals surface area (Å²) in [6.45, 7) is 1.90. The molecule has 0 amide bonds. The highest BCUT2D eigenvalue weighted by Crippen LogP contribution is 2.36. The molecule has 0 aromatic heterocycles. The van der Waals surface area contributed by atoms with Crippen molar-refractivity contribution in [3.8, 4) is 17.2 Å². The molecule has 0 bridgehead atoms. The average Bonchev–Trinajstić information content (AvgIpc) is 3.09. The molecule has 0 saturated carbocycles. The second kappa shape index (κ2) is 6.92. The Labute approximate surface area is 147 Å². The molecule has 132 valence electrons. The second-order valence-electron chi connectivity index (χ2n) is 6.73. The fourth-order valence-electron chi connectivity index (χ4n) is 3.56. The van der Waals surface area contributed by atoms with E-state index in [1.807, 2.05) is 30.3 Å². The zero-order valence-electron chi connectivity index (χ0n) is 14.3. The SMILES string of the molecule is CN1CCC(c2ccc(F)cc2)CC1COc1ccc2c(c1)OCO2. The molecule has 2 aliphatic heterocycles. The van der Waals surface area contributed by atoms with Crippen molar-refractivity contribution in [3.63, 3.8) is 0 Å². The number of nitrogens with zero attached hydrogens (tertiary/aromatic N) is 1. The topological polar surface area (TPSA) is 30.9 Å². The second-order valence-corrected chi connectivity index (χ2v) is 6.73. The van der Waals surface area contributed by atoms with E-state index in [0.717, 1.165) is 36.6 Å². The summed E-state index contributed by atoms with van der Waals surface area (Å²) in [6, 6.07) is 12.9. The fourth-order valence-corrected chi connectivity index (χ4v) is 3.56. The van der Waals surface area contributed by atoms with Crippen molar-refractivity contribution in [1.29, 1.82) is 0 Å². The first-order valence-electron chi connectivity index (χ1n) is 8.67. The molecule has 5 heteroatoms. The standard InChI is InChI=1S/C20H22FNO3/c1-22-9-8-15(14-2-4-16(21)5-3-14)10-17(22)12-23-18-6-7-19-20(11-18)25-13-24-19/h2-7,11,15,17H,8-10,12-13H2,1H3. The van der Waals surface area contributed by atoms with Crippen LogP contribution in [0.15, 0.2) is 42.5 Å². The predicted octanol–water partition coefficient (Wildman–Crippen LogP) is 3.81. The van der Waals surface area contributed by atoms with E-state index in [1.54, 1.807) is 12.1 Å². The Balaban J connectivity index is 1.39. The number of halogens is 1. The Hall–Kier alpha value is -2.27. The molecule has 2 heterocycles. The number of rotatable bonds is 4. The lowest BCUT2D eigenvalue weighted by atomic mass is 9.86. The molecule has 2 aromatic rings. The molecule has 1 saturated heterocycles. The van der Waals surface area contributed by atoms with Crippen LogP contribution in [-0.2, 0) is 0 Å². The van der Waals surface area contributed by atoms with E-state index in [-0.39, 0.29) is 12.6 Å². The van der Waals surface area contributed by atoms with Crippen LogP contribution in [0.5, 0.6) is 17.2 Å². The molecule has 4 rings (SSSR count). The summed E-state index contributed by atoms with van der Waals surface area (Å²) in [5, 5.41) is 0. The lowest BCUT2D eigenvalue weighted by molar-refractivity contribution is 0.114. The van der Waals surface area contributed by atoms with Gasteiger partial charge in [0.2, 0.25) is 6.79 Å². The lowest BCUT2D eigenvalue weighted by Gasteiger charge is -2.37. The third-order valence-corrected chi connectivity index (χ3v) is 5.14. The Morgan fingerprint density at radius 3 is 2.76 bits per heavy atom. The number of ether oxygens (including phenoxy) is 3. The van der Waals surface area contributed by atoms with Crippen molar-refractivity contribution < 1.29 is 18.6 Å². The first-order valence-corrected chi connectivity index (χ1v) is 8.67. The summed E-state index contributed by atoms with van der Waals surface area (Å²) in [6.07, 6.45) is 2.09. The van der Waals surface area contributed by atoms with Crippen molar-refractivity contribution in [3.05, 3.63) is 53.8 Å². The van der Waals surface area contributed by atoms with E-state index in [2.05, 4.69) is 11.9 Å². The maximum absolute atomic E-state index is 13.1. The van der Waals surface area contributed by atoms with Crippen LogP contribution in [0.3, 0.4) is 0 Å².